The average molecular weight is 404 g/mol. The highest BCUT2D eigenvalue weighted by Gasteiger charge is 2.34. The second kappa shape index (κ2) is 8.43. The Morgan fingerprint density at radius 1 is 1.04 bits per heavy atom. The molecule has 1 N–H and O–H groups in total. The van der Waals surface area contributed by atoms with E-state index >= 15 is 0 Å². The van der Waals surface area contributed by atoms with Crippen molar-refractivity contribution >= 4 is 20.9 Å². The summed E-state index contributed by atoms with van der Waals surface area (Å²) in [6.07, 6.45) is -1.83. The SMILES string of the molecule is CCCCN(CCCC)S(=O)(=O)c1ccc2[nH]c(=O)cc(C(F)(F)F)c2c1. The summed E-state index contributed by atoms with van der Waals surface area (Å²) >= 11 is 0. The highest BCUT2D eigenvalue weighted by molar-refractivity contribution is 7.89. The van der Waals surface area contributed by atoms with Crippen molar-refractivity contribution in [3.8, 4) is 0 Å². The van der Waals surface area contributed by atoms with Crippen LogP contribution in [0.25, 0.3) is 10.9 Å². The fourth-order valence-electron chi connectivity index (χ4n) is 2.80. The standard InChI is InChI=1S/C18H23F3N2O3S/c1-3-5-9-23(10-6-4-2)27(25,26)13-7-8-16-14(11-13)15(18(19,20)21)12-17(24)22-16/h7-8,11-12H,3-6,9-10H2,1-2H3,(H,22,24). The molecule has 1 aromatic heterocycles. The van der Waals surface area contributed by atoms with E-state index in [1.165, 1.54) is 16.4 Å². The van der Waals surface area contributed by atoms with Crippen LogP contribution in [0.1, 0.15) is 45.1 Å². The number of hydrogen-bond donors (Lipinski definition) is 1. The first-order valence-corrected chi connectivity index (χ1v) is 10.3. The first kappa shape index (κ1) is 21.4. The minimum atomic E-state index is -4.76. The van der Waals surface area contributed by atoms with E-state index in [1.54, 1.807) is 0 Å². The second-order valence-electron chi connectivity index (χ2n) is 6.36. The van der Waals surface area contributed by atoms with E-state index in [0.29, 0.717) is 32.0 Å². The lowest BCUT2D eigenvalue weighted by Crippen LogP contribution is -2.33. The molecule has 0 aliphatic carbocycles. The fraction of sp³-hybridized carbons (Fsp3) is 0.500. The van der Waals surface area contributed by atoms with Gasteiger partial charge in [0.05, 0.1) is 10.5 Å². The number of sulfonamides is 1. The summed E-state index contributed by atoms with van der Waals surface area (Å²) in [5.74, 6) is 0. The van der Waals surface area contributed by atoms with E-state index in [9.17, 15) is 26.4 Å². The van der Waals surface area contributed by atoms with Gasteiger partial charge < -0.3 is 4.98 Å². The number of H-pyrrole nitrogens is 1. The van der Waals surface area contributed by atoms with Crippen LogP contribution in [0.2, 0.25) is 0 Å². The van der Waals surface area contributed by atoms with Crippen molar-refractivity contribution in [2.45, 2.75) is 50.6 Å². The number of nitrogens with zero attached hydrogens (tertiary/aromatic N) is 1. The summed E-state index contributed by atoms with van der Waals surface area (Å²) < 4.78 is 67.2. The number of pyridine rings is 1. The molecule has 0 saturated carbocycles. The third-order valence-electron chi connectivity index (χ3n) is 4.28. The van der Waals surface area contributed by atoms with Crippen molar-refractivity contribution in [1.29, 1.82) is 0 Å². The van der Waals surface area contributed by atoms with E-state index in [2.05, 4.69) is 4.98 Å². The largest absolute Gasteiger partial charge is 0.417 e. The Morgan fingerprint density at radius 2 is 1.63 bits per heavy atom. The van der Waals surface area contributed by atoms with Crippen LogP contribution in [-0.2, 0) is 16.2 Å². The van der Waals surface area contributed by atoms with E-state index in [0.717, 1.165) is 18.9 Å². The zero-order valence-corrected chi connectivity index (χ0v) is 16.1. The Bertz CT molecular complexity index is 944. The molecule has 1 aromatic carbocycles. The number of benzene rings is 1. The van der Waals surface area contributed by atoms with Crippen molar-refractivity contribution in [2.24, 2.45) is 0 Å². The molecule has 150 valence electrons. The van der Waals surface area contributed by atoms with Crippen LogP contribution < -0.4 is 5.56 Å². The number of alkyl halides is 3. The van der Waals surface area contributed by atoms with E-state index < -0.39 is 27.3 Å². The van der Waals surface area contributed by atoms with Gasteiger partial charge in [0.1, 0.15) is 0 Å². The van der Waals surface area contributed by atoms with Gasteiger partial charge in [-0.15, -0.1) is 0 Å². The van der Waals surface area contributed by atoms with Crippen molar-refractivity contribution in [3.63, 3.8) is 0 Å². The first-order valence-electron chi connectivity index (χ1n) is 8.85. The van der Waals surface area contributed by atoms with Gasteiger partial charge >= 0.3 is 6.18 Å². The molecule has 0 bridgehead atoms. The molecule has 0 aliphatic rings. The number of fused-ring (bicyclic) bond motifs is 1. The second-order valence-corrected chi connectivity index (χ2v) is 8.30. The summed E-state index contributed by atoms with van der Waals surface area (Å²) in [7, 11) is -3.94. The number of rotatable bonds is 8. The van der Waals surface area contributed by atoms with Gasteiger partial charge in [0.25, 0.3) is 0 Å². The van der Waals surface area contributed by atoms with Crippen LogP contribution in [-0.4, -0.2) is 30.8 Å². The monoisotopic (exact) mass is 404 g/mol. The predicted molar refractivity (Wildman–Crippen MR) is 98.1 cm³/mol. The van der Waals surface area contributed by atoms with Crippen LogP contribution in [0.3, 0.4) is 0 Å². The smallest absolute Gasteiger partial charge is 0.322 e. The molecular weight excluding hydrogens is 381 g/mol. The molecule has 0 radical (unpaired) electrons. The third-order valence-corrected chi connectivity index (χ3v) is 6.17. The van der Waals surface area contributed by atoms with E-state index in [4.69, 9.17) is 0 Å². The minimum Gasteiger partial charge on any atom is -0.322 e. The van der Waals surface area contributed by atoms with Gasteiger partial charge in [-0.3, -0.25) is 4.79 Å². The number of nitrogens with one attached hydrogen (secondary N) is 1. The molecule has 0 amide bonds. The van der Waals surface area contributed by atoms with E-state index in [1.807, 2.05) is 13.8 Å². The highest BCUT2D eigenvalue weighted by atomic mass is 32.2. The number of hydrogen-bond acceptors (Lipinski definition) is 3. The Morgan fingerprint density at radius 3 is 2.15 bits per heavy atom. The lowest BCUT2D eigenvalue weighted by molar-refractivity contribution is -0.136. The summed E-state index contributed by atoms with van der Waals surface area (Å²) in [6, 6.07) is 3.88. The highest BCUT2D eigenvalue weighted by Crippen LogP contribution is 2.34. The summed E-state index contributed by atoms with van der Waals surface area (Å²) in [5.41, 5.74) is -2.09. The zero-order chi connectivity index (χ0) is 20.2. The fourth-order valence-corrected chi connectivity index (χ4v) is 4.34. The molecule has 27 heavy (non-hydrogen) atoms. The molecular formula is C18H23F3N2O3S. The quantitative estimate of drug-likeness (QED) is 0.719. The molecule has 2 aromatic rings. The molecule has 0 saturated heterocycles. The zero-order valence-electron chi connectivity index (χ0n) is 15.3. The minimum absolute atomic E-state index is 0.0533. The van der Waals surface area contributed by atoms with E-state index in [-0.39, 0.29) is 15.8 Å². The Balaban J connectivity index is 2.59. The van der Waals surface area contributed by atoms with Crippen molar-refractivity contribution in [2.75, 3.05) is 13.1 Å². The Kier molecular flexibility index (Phi) is 6.69. The maximum Gasteiger partial charge on any atom is 0.417 e. The van der Waals surface area contributed by atoms with Gasteiger partial charge in [-0.1, -0.05) is 26.7 Å². The summed E-state index contributed by atoms with van der Waals surface area (Å²) in [5, 5.41) is -0.339. The number of aromatic nitrogens is 1. The normalized spacial score (nSPS) is 12.8. The van der Waals surface area contributed by atoms with Crippen LogP contribution >= 0.6 is 0 Å². The molecule has 2 rings (SSSR count). The first-order chi connectivity index (χ1) is 12.6. The lowest BCUT2D eigenvalue weighted by Gasteiger charge is -2.22. The molecule has 0 unspecified atom stereocenters. The van der Waals surface area contributed by atoms with Gasteiger partial charge in [-0.2, -0.15) is 17.5 Å². The summed E-state index contributed by atoms with van der Waals surface area (Å²) in [6.45, 7) is 4.50. The van der Waals surface area contributed by atoms with Gasteiger partial charge in [0.15, 0.2) is 0 Å². The average Bonchev–Trinajstić information content (AvgIpc) is 2.59. The van der Waals surface area contributed by atoms with Gasteiger partial charge in [0, 0.05) is 30.1 Å². The van der Waals surface area contributed by atoms with Crippen molar-refractivity contribution in [3.05, 3.63) is 40.2 Å². The molecule has 0 spiro atoms. The van der Waals surface area contributed by atoms with Crippen LogP contribution in [0.5, 0.6) is 0 Å². The Labute approximate surface area is 156 Å². The van der Waals surface area contributed by atoms with Gasteiger partial charge in [0.2, 0.25) is 15.6 Å². The lowest BCUT2D eigenvalue weighted by atomic mass is 10.1. The molecule has 0 fully saturated rings. The van der Waals surface area contributed by atoms with Gasteiger partial charge in [-0.05, 0) is 31.0 Å². The van der Waals surface area contributed by atoms with Crippen molar-refractivity contribution in [1.82, 2.24) is 9.29 Å². The number of unbranched alkanes of at least 4 members (excludes halogenated alkanes) is 2. The molecule has 0 atom stereocenters. The van der Waals surface area contributed by atoms with Crippen LogP contribution in [0, 0.1) is 0 Å². The summed E-state index contributed by atoms with van der Waals surface area (Å²) in [4.78, 5) is 13.6. The predicted octanol–water partition coefficient (Wildman–Crippen LogP) is 4.14. The van der Waals surface area contributed by atoms with Crippen LogP contribution in [0.4, 0.5) is 13.2 Å². The maximum atomic E-state index is 13.3. The topological polar surface area (TPSA) is 70.2 Å². The Hall–Kier alpha value is -1.87. The number of halogens is 3. The molecule has 9 heteroatoms. The molecule has 1 heterocycles. The molecule has 0 aliphatic heterocycles. The van der Waals surface area contributed by atoms with Gasteiger partial charge in [-0.25, -0.2) is 8.42 Å². The number of aromatic amines is 1. The third kappa shape index (κ3) is 4.90. The van der Waals surface area contributed by atoms with Crippen LogP contribution in [0.15, 0.2) is 34.0 Å². The maximum absolute atomic E-state index is 13.3. The molecule has 5 nitrogen and oxygen atoms in total. The van der Waals surface area contributed by atoms with Crippen molar-refractivity contribution < 1.29 is 21.6 Å².